The number of hydrogen-bond acceptors (Lipinski definition) is 8. The normalized spacial score (nSPS) is 10.7. The molecule has 29 heavy (non-hydrogen) atoms. The number of methoxy groups -OCH3 is 1. The molecule has 0 bridgehead atoms. The van der Waals surface area contributed by atoms with E-state index in [1.54, 1.807) is 36.8 Å². The number of nitrogens with zero attached hydrogens (tertiary/aromatic N) is 3. The molecular weight excluding hydrogens is 414 g/mol. The molecule has 2 aromatic carbocycles. The van der Waals surface area contributed by atoms with Crippen molar-refractivity contribution in [2.45, 2.75) is 6.61 Å². The first-order valence-corrected chi connectivity index (χ1v) is 9.74. The molecule has 0 aliphatic rings. The first-order chi connectivity index (χ1) is 14.1. The van der Waals surface area contributed by atoms with Crippen LogP contribution in [0.15, 0.2) is 58.4 Å². The molecule has 0 aliphatic heterocycles. The highest BCUT2D eigenvalue weighted by Gasteiger charge is 2.16. The maximum atomic E-state index is 12.3. The minimum absolute atomic E-state index is 0.144. The van der Waals surface area contributed by atoms with E-state index in [9.17, 15) is 4.79 Å². The molecule has 0 aliphatic carbocycles. The SMILES string of the molecule is COc1ccc(-c2nc(C(=O)OCc3nc(-c4ccc(Cl)cc4)no3)cs2)cc1. The van der Waals surface area contributed by atoms with E-state index in [1.165, 1.54) is 11.3 Å². The van der Waals surface area contributed by atoms with E-state index in [0.717, 1.165) is 16.9 Å². The summed E-state index contributed by atoms with van der Waals surface area (Å²) in [7, 11) is 1.61. The van der Waals surface area contributed by atoms with Gasteiger partial charge in [-0.15, -0.1) is 11.3 Å². The van der Waals surface area contributed by atoms with Crippen molar-refractivity contribution in [2.24, 2.45) is 0 Å². The summed E-state index contributed by atoms with van der Waals surface area (Å²) in [6.45, 7) is -0.144. The molecule has 0 spiro atoms. The number of halogens is 1. The number of benzene rings is 2. The second-order valence-corrected chi connectivity index (χ2v) is 7.16. The van der Waals surface area contributed by atoms with E-state index in [1.807, 2.05) is 24.3 Å². The monoisotopic (exact) mass is 427 g/mol. The summed E-state index contributed by atoms with van der Waals surface area (Å²) in [4.78, 5) is 20.8. The number of aromatic nitrogens is 3. The van der Waals surface area contributed by atoms with Crippen LogP contribution in [0.2, 0.25) is 5.02 Å². The Hall–Kier alpha value is -3.23. The van der Waals surface area contributed by atoms with Gasteiger partial charge in [-0.3, -0.25) is 0 Å². The van der Waals surface area contributed by atoms with Gasteiger partial charge in [-0.1, -0.05) is 16.8 Å². The third kappa shape index (κ3) is 4.44. The Bertz CT molecular complexity index is 1120. The van der Waals surface area contributed by atoms with Crippen molar-refractivity contribution >= 4 is 28.9 Å². The smallest absolute Gasteiger partial charge is 0.358 e. The van der Waals surface area contributed by atoms with Crippen LogP contribution >= 0.6 is 22.9 Å². The van der Waals surface area contributed by atoms with Gasteiger partial charge in [0.15, 0.2) is 12.3 Å². The molecule has 7 nitrogen and oxygen atoms in total. The molecule has 0 atom stereocenters. The highest BCUT2D eigenvalue weighted by atomic mass is 35.5. The number of carbonyl (C=O) groups excluding carboxylic acids is 1. The van der Waals surface area contributed by atoms with Crippen molar-refractivity contribution < 1.29 is 18.8 Å². The Labute approximate surface area is 174 Å². The van der Waals surface area contributed by atoms with Gasteiger partial charge in [-0.25, -0.2) is 9.78 Å². The van der Waals surface area contributed by atoms with Crippen LogP contribution in [-0.2, 0) is 11.3 Å². The van der Waals surface area contributed by atoms with Crippen LogP contribution in [0.5, 0.6) is 5.75 Å². The lowest BCUT2D eigenvalue weighted by Crippen LogP contribution is -2.05. The number of esters is 1. The molecule has 0 fully saturated rings. The fourth-order valence-corrected chi connectivity index (χ4v) is 3.39. The summed E-state index contributed by atoms with van der Waals surface area (Å²) < 4.78 is 15.5. The van der Waals surface area contributed by atoms with Gasteiger partial charge in [0.25, 0.3) is 5.89 Å². The van der Waals surface area contributed by atoms with E-state index in [2.05, 4.69) is 15.1 Å². The molecule has 2 heterocycles. The Balaban J connectivity index is 1.39. The standard InChI is InChI=1S/C20H14ClN3O4S/c1-26-15-8-4-13(5-9-15)19-22-16(11-29-19)20(25)27-10-17-23-18(24-28-17)12-2-6-14(21)7-3-12/h2-9,11H,10H2,1H3. The van der Waals surface area contributed by atoms with Crippen LogP contribution in [0.3, 0.4) is 0 Å². The average molecular weight is 428 g/mol. The third-order valence-corrected chi connectivity index (χ3v) is 5.09. The van der Waals surface area contributed by atoms with E-state index in [4.69, 9.17) is 25.6 Å². The number of carbonyl (C=O) groups is 1. The Morgan fingerprint density at radius 2 is 1.79 bits per heavy atom. The van der Waals surface area contributed by atoms with Gasteiger partial charge in [0, 0.05) is 21.5 Å². The Morgan fingerprint density at radius 1 is 1.07 bits per heavy atom. The Kier molecular flexibility index (Phi) is 5.55. The van der Waals surface area contributed by atoms with Crippen molar-refractivity contribution in [3.8, 4) is 27.7 Å². The van der Waals surface area contributed by atoms with Crippen molar-refractivity contribution in [1.82, 2.24) is 15.1 Å². The fraction of sp³-hybridized carbons (Fsp3) is 0.100. The summed E-state index contributed by atoms with van der Waals surface area (Å²) in [5, 5.41) is 6.85. The lowest BCUT2D eigenvalue weighted by atomic mass is 10.2. The molecule has 0 saturated heterocycles. The van der Waals surface area contributed by atoms with Gasteiger partial charge in [0.05, 0.1) is 7.11 Å². The zero-order valence-electron chi connectivity index (χ0n) is 15.2. The first-order valence-electron chi connectivity index (χ1n) is 8.48. The molecule has 2 aromatic heterocycles. The third-order valence-electron chi connectivity index (χ3n) is 3.95. The molecule has 0 N–H and O–H groups in total. The van der Waals surface area contributed by atoms with Gasteiger partial charge in [0.1, 0.15) is 10.8 Å². The van der Waals surface area contributed by atoms with Crippen LogP contribution in [0.25, 0.3) is 22.0 Å². The molecule has 0 radical (unpaired) electrons. The van der Waals surface area contributed by atoms with E-state index in [0.29, 0.717) is 15.9 Å². The molecule has 4 aromatic rings. The maximum absolute atomic E-state index is 12.3. The predicted molar refractivity (Wildman–Crippen MR) is 108 cm³/mol. The number of thiazole rings is 1. The van der Waals surface area contributed by atoms with Crippen molar-refractivity contribution in [2.75, 3.05) is 7.11 Å². The van der Waals surface area contributed by atoms with Gasteiger partial charge >= 0.3 is 5.97 Å². The fourth-order valence-electron chi connectivity index (χ4n) is 2.46. The maximum Gasteiger partial charge on any atom is 0.358 e. The van der Waals surface area contributed by atoms with Gasteiger partial charge in [-0.2, -0.15) is 4.98 Å². The molecule has 0 saturated carbocycles. The minimum Gasteiger partial charge on any atom is -0.497 e. The number of ether oxygens (including phenoxy) is 2. The second kappa shape index (κ2) is 8.42. The number of rotatable bonds is 6. The van der Waals surface area contributed by atoms with E-state index in [-0.39, 0.29) is 18.2 Å². The van der Waals surface area contributed by atoms with Crippen LogP contribution in [0.4, 0.5) is 0 Å². The molecule has 0 unspecified atom stereocenters. The first kappa shape index (κ1) is 19.1. The molecular formula is C20H14ClN3O4S. The summed E-state index contributed by atoms with van der Waals surface area (Å²) in [5.74, 6) is 0.770. The van der Waals surface area contributed by atoms with Crippen LogP contribution in [-0.4, -0.2) is 28.2 Å². The van der Waals surface area contributed by atoms with Gasteiger partial charge in [-0.05, 0) is 48.5 Å². The van der Waals surface area contributed by atoms with Crippen molar-refractivity contribution in [1.29, 1.82) is 0 Å². The summed E-state index contributed by atoms with van der Waals surface area (Å²) in [6, 6.07) is 14.4. The molecule has 9 heteroatoms. The van der Waals surface area contributed by atoms with Crippen LogP contribution < -0.4 is 4.74 Å². The molecule has 146 valence electrons. The van der Waals surface area contributed by atoms with Crippen molar-refractivity contribution in [3.63, 3.8) is 0 Å². The predicted octanol–water partition coefficient (Wildman–Crippen LogP) is 4.88. The lowest BCUT2D eigenvalue weighted by Gasteiger charge is -2.00. The summed E-state index contributed by atoms with van der Waals surface area (Å²) >= 11 is 7.22. The zero-order chi connectivity index (χ0) is 20.2. The van der Waals surface area contributed by atoms with E-state index < -0.39 is 5.97 Å². The zero-order valence-corrected chi connectivity index (χ0v) is 16.7. The Morgan fingerprint density at radius 3 is 2.52 bits per heavy atom. The number of hydrogen-bond donors (Lipinski definition) is 0. The summed E-state index contributed by atoms with van der Waals surface area (Å²) in [5.41, 5.74) is 1.86. The molecule has 0 amide bonds. The summed E-state index contributed by atoms with van der Waals surface area (Å²) in [6.07, 6.45) is 0. The lowest BCUT2D eigenvalue weighted by molar-refractivity contribution is 0.0424. The van der Waals surface area contributed by atoms with Crippen LogP contribution in [0.1, 0.15) is 16.4 Å². The molecule has 4 rings (SSSR count). The topological polar surface area (TPSA) is 87.3 Å². The van der Waals surface area contributed by atoms with Crippen molar-refractivity contribution in [3.05, 3.63) is 70.5 Å². The van der Waals surface area contributed by atoms with E-state index >= 15 is 0 Å². The highest BCUT2D eigenvalue weighted by Crippen LogP contribution is 2.26. The highest BCUT2D eigenvalue weighted by molar-refractivity contribution is 7.13. The minimum atomic E-state index is -0.563. The second-order valence-electron chi connectivity index (χ2n) is 5.86. The largest absolute Gasteiger partial charge is 0.497 e. The van der Waals surface area contributed by atoms with Gasteiger partial charge < -0.3 is 14.0 Å². The van der Waals surface area contributed by atoms with Crippen LogP contribution in [0, 0.1) is 0 Å². The quantitative estimate of drug-likeness (QED) is 0.405. The van der Waals surface area contributed by atoms with Gasteiger partial charge in [0.2, 0.25) is 5.82 Å². The average Bonchev–Trinajstić information content (AvgIpc) is 3.43.